The normalized spacial score (nSPS) is 17.8. The number of urea groups is 1. The summed E-state index contributed by atoms with van der Waals surface area (Å²) in [5.74, 6) is 1.03. The molecule has 0 aromatic heterocycles. The lowest BCUT2D eigenvalue weighted by molar-refractivity contribution is 0.172. The number of rotatable bonds is 6. The first-order valence-corrected chi connectivity index (χ1v) is 11.4. The third-order valence-electron chi connectivity index (χ3n) is 4.94. The lowest BCUT2D eigenvalue weighted by Gasteiger charge is -2.34. The van der Waals surface area contributed by atoms with Crippen LogP contribution in [0, 0.1) is 0 Å². The fourth-order valence-electron chi connectivity index (χ4n) is 3.27. The van der Waals surface area contributed by atoms with Crippen LogP contribution in [0.15, 0.2) is 23.1 Å². The van der Waals surface area contributed by atoms with E-state index in [1.54, 1.807) is 17.0 Å². The topological polar surface area (TPSA) is 88.2 Å². The predicted molar refractivity (Wildman–Crippen MR) is 105 cm³/mol. The minimum Gasteiger partial charge on any atom is -0.490 e. The van der Waals surface area contributed by atoms with Gasteiger partial charge < -0.3 is 19.7 Å². The summed E-state index contributed by atoms with van der Waals surface area (Å²) in [6.07, 6.45) is 3.91. The molecule has 3 rings (SSSR count). The van der Waals surface area contributed by atoms with Crippen molar-refractivity contribution in [2.75, 3.05) is 45.9 Å². The summed E-state index contributed by atoms with van der Waals surface area (Å²) in [6, 6.07) is 4.61. The Morgan fingerprint density at radius 1 is 1.07 bits per heavy atom. The maximum Gasteiger partial charge on any atom is 0.317 e. The quantitative estimate of drug-likeness (QED) is 0.724. The number of nitrogens with zero attached hydrogens (tertiary/aromatic N) is 2. The molecule has 9 heteroatoms. The standard InChI is InChI=1S/C19H29N3O5S/c1-2-3-4-8-20-19(23)21-9-11-22(12-10-21)28(24,25)16-6-7-17-18(15-16)27-14-5-13-26-17/h6-7,15H,2-5,8-14H2,1H3,(H,20,23). The maximum absolute atomic E-state index is 13.0. The van der Waals surface area contributed by atoms with Crippen LogP contribution in [0.2, 0.25) is 0 Å². The molecule has 0 saturated carbocycles. The fourth-order valence-corrected chi connectivity index (χ4v) is 4.70. The fraction of sp³-hybridized carbons (Fsp3) is 0.632. The highest BCUT2D eigenvalue weighted by atomic mass is 32.2. The number of carbonyl (C=O) groups excluding carboxylic acids is 1. The van der Waals surface area contributed by atoms with Gasteiger partial charge in [-0.15, -0.1) is 0 Å². The molecule has 156 valence electrons. The zero-order valence-electron chi connectivity index (χ0n) is 16.4. The molecular weight excluding hydrogens is 382 g/mol. The van der Waals surface area contributed by atoms with Gasteiger partial charge in [0.2, 0.25) is 10.0 Å². The van der Waals surface area contributed by atoms with E-state index in [4.69, 9.17) is 9.47 Å². The van der Waals surface area contributed by atoms with E-state index in [0.717, 1.165) is 25.7 Å². The van der Waals surface area contributed by atoms with Crippen LogP contribution >= 0.6 is 0 Å². The number of sulfonamides is 1. The number of benzene rings is 1. The molecule has 0 aliphatic carbocycles. The molecule has 8 nitrogen and oxygen atoms in total. The Morgan fingerprint density at radius 3 is 2.50 bits per heavy atom. The second-order valence-corrected chi connectivity index (χ2v) is 8.93. The molecule has 0 bridgehead atoms. The Kier molecular flexibility index (Phi) is 7.01. The van der Waals surface area contributed by atoms with Crippen molar-refractivity contribution in [2.24, 2.45) is 0 Å². The first-order valence-electron chi connectivity index (χ1n) is 9.95. The number of carbonyl (C=O) groups is 1. The van der Waals surface area contributed by atoms with Gasteiger partial charge in [0.1, 0.15) is 0 Å². The molecule has 1 aromatic rings. The van der Waals surface area contributed by atoms with Crippen LogP contribution in [-0.4, -0.2) is 69.6 Å². The van der Waals surface area contributed by atoms with Gasteiger partial charge in [-0.25, -0.2) is 13.2 Å². The van der Waals surface area contributed by atoms with Crippen molar-refractivity contribution < 1.29 is 22.7 Å². The summed E-state index contributed by atoms with van der Waals surface area (Å²) in [6.45, 7) is 5.14. The molecule has 1 aromatic carbocycles. The van der Waals surface area contributed by atoms with Gasteiger partial charge in [-0.1, -0.05) is 19.8 Å². The van der Waals surface area contributed by atoms with Gasteiger partial charge in [0.15, 0.2) is 11.5 Å². The molecule has 0 spiro atoms. The monoisotopic (exact) mass is 411 g/mol. The van der Waals surface area contributed by atoms with E-state index in [9.17, 15) is 13.2 Å². The van der Waals surface area contributed by atoms with Crippen LogP contribution in [0.1, 0.15) is 32.6 Å². The number of ether oxygens (including phenoxy) is 2. The zero-order chi connectivity index (χ0) is 20.0. The molecular formula is C19H29N3O5S. The first-order chi connectivity index (χ1) is 13.5. The molecule has 2 amide bonds. The molecule has 2 heterocycles. The van der Waals surface area contributed by atoms with Crippen LogP contribution in [-0.2, 0) is 10.0 Å². The summed E-state index contributed by atoms with van der Waals surface area (Å²) in [5.41, 5.74) is 0. The second kappa shape index (κ2) is 9.47. The van der Waals surface area contributed by atoms with Crippen molar-refractivity contribution in [1.82, 2.24) is 14.5 Å². The largest absolute Gasteiger partial charge is 0.490 e. The number of hydrogen-bond donors (Lipinski definition) is 1. The second-order valence-electron chi connectivity index (χ2n) is 6.99. The number of piperazine rings is 1. The average Bonchev–Trinajstić information content (AvgIpc) is 2.96. The highest BCUT2D eigenvalue weighted by Crippen LogP contribution is 2.33. The molecule has 0 unspecified atom stereocenters. The molecule has 1 N–H and O–H groups in total. The van der Waals surface area contributed by atoms with E-state index in [1.807, 2.05) is 0 Å². The minimum absolute atomic E-state index is 0.122. The van der Waals surface area contributed by atoms with Crippen molar-refractivity contribution in [3.8, 4) is 11.5 Å². The van der Waals surface area contributed by atoms with Crippen LogP contribution in [0.3, 0.4) is 0 Å². The van der Waals surface area contributed by atoms with Crippen LogP contribution in [0.4, 0.5) is 4.79 Å². The molecule has 1 saturated heterocycles. The maximum atomic E-state index is 13.0. The first kappa shape index (κ1) is 20.7. The van der Waals surface area contributed by atoms with Crippen molar-refractivity contribution in [3.63, 3.8) is 0 Å². The van der Waals surface area contributed by atoms with Gasteiger partial charge in [-0.05, 0) is 18.6 Å². The van der Waals surface area contributed by atoms with Gasteiger partial charge in [0.05, 0.1) is 18.1 Å². The van der Waals surface area contributed by atoms with E-state index in [1.165, 1.54) is 10.4 Å². The van der Waals surface area contributed by atoms with Crippen molar-refractivity contribution >= 4 is 16.1 Å². The molecule has 2 aliphatic rings. The zero-order valence-corrected chi connectivity index (χ0v) is 17.2. The SMILES string of the molecule is CCCCCNC(=O)N1CCN(S(=O)(=O)c2ccc3c(c2)OCCCO3)CC1. The lowest BCUT2D eigenvalue weighted by atomic mass is 10.2. The summed E-state index contributed by atoms with van der Waals surface area (Å²) >= 11 is 0. The van der Waals surface area contributed by atoms with Gasteiger partial charge >= 0.3 is 6.03 Å². The average molecular weight is 412 g/mol. The van der Waals surface area contributed by atoms with E-state index >= 15 is 0 Å². The Labute approximate surface area is 166 Å². The Hall–Kier alpha value is -2.00. The summed E-state index contributed by atoms with van der Waals surface area (Å²) < 4.78 is 38.6. The number of nitrogens with one attached hydrogen (secondary N) is 1. The van der Waals surface area contributed by atoms with E-state index in [-0.39, 0.29) is 24.0 Å². The highest BCUT2D eigenvalue weighted by Gasteiger charge is 2.31. The smallest absolute Gasteiger partial charge is 0.317 e. The molecule has 0 radical (unpaired) electrons. The Morgan fingerprint density at radius 2 is 1.79 bits per heavy atom. The van der Waals surface area contributed by atoms with Gasteiger partial charge in [0.25, 0.3) is 0 Å². The minimum atomic E-state index is -3.64. The summed E-state index contributed by atoms with van der Waals surface area (Å²) in [4.78, 5) is 14.1. The van der Waals surface area contributed by atoms with Crippen LogP contribution in [0.25, 0.3) is 0 Å². The van der Waals surface area contributed by atoms with E-state index < -0.39 is 10.0 Å². The van der Waals surface area contributed by atoms with Crippen molar-refractivity contribution in [1.29, 1.82) is 0 Å². The van der Waals surface area contributed by atoms with Crippen LogP contribution < -0.4 is 14.8 Å². The van der Waals surface area contributed by atoms with Crippen LogP contribution in [0.5, 0.6) is 11.5 Å². The lowest BCUT2D eigenvalue weighted by Crippen LogP contribution is -2.53. The number of fused-ring (bicyclic) bond motifs is 1. The summed E-state index contributed by atoms with van der Waals surface area (Å²) in [7, 11) is -3.64. The Bertz CT molecular complexity index is 776. The predicted octanol–water partition coefficient (Wildman–Crippen LogP) is 2.05. The number of amides is 2. The van der Waals surface area contributed by atoms with Crippen molar-refractivity contribution in [3.05, 3.63) is 18.2 Å². The number of unbranched alkanes of at least 4 members (excludes halogenated alkanes) is 2. The molecule has 0 atom stereocenters. The molecule has 1 fully saturated rings. The van der Waals surface area contributed by atoms with Gasteiger partial charge in [-0.3, -0.25) is 0 Å². The number of hydrogen-bond acceptors (Lipinski definition) is 5. The summed E-state index contributed by atoms with van der Waals surface area (Å²) in [5, 5.41) is 2.90. The highest BCUT2D eigenvalue weighted by molar-refractivity contribution is 7.89. The van der Waals surface area contributed by atoms with Gasteiger partial charge in [0, 0.05) is 45.2 Å². The Balaban J connectivity index is 1.59. The molecule has 2 aliphatic heterocycles. The third-order valence-corrected chi connectivity index (χ3v) is 6.83. The van der Waals surface area contributed by atoms with E-state index in [2.05, 4.69) is 12.2 Å². The van der Waals surface area contributed by atoms with Crippen molar-refractivity contribution in [2.45, 2.75) is 37.5 Å². The van der Waals surface area contributed by atoms with E-state index in [0.29, 0.717) is 44.3 Å². The molecule has 28 heavy (non-hydrogen) atoms. The van der Waals surface area contributed by atoms with Gasteiger partial charge in [-0.2, -0.15) is 4.31 Å². The third kappa shape index (κ3) is 4.88.